The Bertz CT molecular complexity index is 374. The molecular formula is C11H15NO4. The number of carboxylic acid groups (broad SMARTS) is 1. The van der Waals surface area contributed by atoms with Gasteiger partial charge in [-0.3, -0.25) is 0 Å². The molecule has 1 aliphatic rings. The van der Waals surface area contributed by atoms with E-state index in [2.05, 4.69) is 5.32 Å². The largest absolute Gasteiger partial charge is 0.475 e. The molecule has 88 valence electrons. The first-order valence-corrected chi connectivity index (χ1v) is 5.34. The van der Waals surface area contributed by atoms with Crippen LogP contribution in [0.2, 0.25) is 0 Å². The van der Waals surface area contributed by atoms with Crippen molar-refractivity contribution in [3.05, 3.63) is 23.7 Å². The normalized spacial score (nSPS) is 24.8. The molecule has 1 fully saturated rings. The monoisotopic (exact) mass is 225 g/mol. The molecule has 0 aromatic carbocycles. The van der Waals surface area contributed by atoms with Crippen LogP contribution >= 0.6 is 0 Å². The molecule has 5 nitrogen and oxygen atoms in total. The van der Waals surface area contributed by atoms with E-state index in [0.29, 0.717) is 18.3 Å². The lowest BCUT2D eigenvalue weighted by Gasteiger charge is -2.14. The summed E-state index contributed by atoms with van der Waals surface area (Å²) < 4.78 is 10.5. The molecule has 2 atom stereocenters. The molecule has 2 heterocycles. The topological polar surface area (TPSA) is 71.7 Å². The molecule has 0 radical (unpaired) electrons. The van der Waals surface area contributed by atoms with Gasteiger partial charge >= 0.3 is 5.97 Å². The number of carboxylic acids is 1. The van der Waals surface area contributed by atoms with E-state index in [0.717, 1.165) is 13.0 Å². The minimum atomic E-state index is -1.04. The van der Waals surface area contributed by atoms with Crippen LogP contribution < -0.4 is 5.32 Å². The van der Waals surface area contributed by atoms with Gasteiger partial charge in [0, 0.05) is 12.6 Å². The minimum absolute atomic E-state index is 0.0208. The Balaban J connectivity index is 1.87. The number of nitrogens with one attached hydrogen (secondary N) is 1. The Morgan fingerprint density at radius 2 is 2.44 bits per heavy atom. The zero-order valence-electron chi connectivity index (χ0n) is 9.10. The summed E-state index contributed by atoms with van der Waals surface area (Å²) in [6.07, 6.45) is 1.18. The second-order valence-electron chi connectivity index (χ2n) is 3.92. The van der Waals surface area contributed by atoms with Gasteiger partial charge in [0.05, 0.1) is 12.6 Å². The van der Waals surface area contributed by atoms with E-state index >= 15 is 0 Å². The van der Waals surface area contributed by atoms with Gasteiger partial charge in [0.25, 0.3) is 0 Å². The van der Waals surface area contributed by atoms with E-state index in [1.54, 1.807) is 6.07 Å². The Labute approximate surface area is 93.4 Å². The Morgan fingerprint density at radius 1 is 1.62 bits per heavy atom. The minimum Gasteiger partial charge on any atom is -0.475 e. The second-order valence-corrected chi connectivity index (χ2v) is 3.92. The zero-order valence-corrected chi connectivity index (χ0v) is 9.10. The van der Waals surface area contributed by atoms with Crippen LogP contribution in [0.5, 0.6) is 0 Å². The molecule has 0 spiro atoms. The van der Waals surface area contributed by atoms with Crippen LogP contribution in [0.4, 0.5) is 0 Å². The summed E-state index contributed by atoms with van der Waals surface area (Å²) in [5.41, 5.74) is 0. The molecule has 16 heavy (non-hydrogen) atoms. The van der Waals surface area contributed by atoms with Crippen molar-refractivity contribution < 1.29 is 19.1 Å². The van der Waals surface area contributed by atoms with Crippen molar-refractivity contribution in [1.29, 1.82) is 0 Å². The summed E-state index contributed by atoms with van der Waals surface area (Å²) in [6, 6.07) is 3.46. The van der Waals surface area contributed by atoms with E-state index in [4.69, 9.17) is 14.3 Å². The van der Waals surface area contributed by atoms with Crippen LogP contribution in [0.1, 0.15) is 29.7 Å². The average Bonchev–Trinajstić information content (AvgIpc) is 2.83. The molecule has 0 amide bonds. The van der Waals surface area contributed by atoms with Gasteiger partial charge in [0.2, 0.25) is 5.76 Å². The molecule has 1 aliphatic heterocycles. The molecule has 2 unspecified atom stereocenters. The van der Waals surface area contributed by atoms with Crippen molar-refractivity contribution in [2.24, 2.45) is 0 Å². The third-order valence-corrected chi connectivity index (χ3v) is 2.79. The number of ether oxygens (including phenoxy) is 1. The third-order valence-electron chi connectivity index (χ3n) is 2.79. The van der Waals surface area contributed by atoms with Gasteiger partial charge in [-0.05, 0) is 25.5 Å². The molecule has 0 saturated carbocycles. The molecule has 2 N–H and O–H groups in total. The van der Waals surface area contributed by atoms with Gasteiger partial charge in [0.15, 0.2) is 0 Å². The first-order chi connectivity index (χ1) is 7.66. The lowest BCUT2D eigenvalue weighted by Crippen LogP contribution is -2.33. The van der Waals surface area contributed by atoms with E-state index < -0.39 is 5.97 Å². The highest BCUT2D eigenvalue weighted by Crippen LogP contribution is 2.14. The fourth-order valence-electron chi connectivity index (χ4n) is 1.82. The summed E-state index contributed by atoms with van der Waals surface area (Å²) >= 11 is 0. The first-order valence-electron chi connectivity index (χ1n) is 5.34. The highest BCUT2D eigenvalue weighted by atomic mass is 16.5. The van der Waals surface area contributed by atoms with Crippen molar-refractivity contribution in [1.82, 2.24) is 5.32 Å². The molecule has 0 bridgehead atoms. The maximum atomic E-state index is 10.6. The van der Waals surface area contributed by atoms with E-state index in [1.807, 2.05) is 6.92 Å². The number of carbonyl (C=O) groups is 1. The van der Waals surface area contributed by atoms with Crippen molar-refractivity contribution in [3.8, 4) is 0 Å². The SMILES string of the molecule is CC1OCCC1NCc1ccc(C(=O)O)o1. The second kappa shape index (κ2) is 4.67. The van der Waals surface area contributed by atoms with Crippen LogP contribution in [0, 0.1) is 0 Å². The van der Waals surface area contributed by atoms with Crippen LogP contribution in [0.15, 0.2) is 16.5 Å². The summed E-state index contributed by atoms with van der Waals surface area (Å²) in [5, 5.41) is 12.0. The fraction of sp³-hybridized carbons (Fsp3) is 0.545. The maximum Gasteiger partial charge on any atom is 0.371 e. The molecule has 1 saturated heterocycles. The van der Waals surface area contributed by atoms with E-state index in [-0.39, 0.29) is 11.9 Å². The van der Waals surface area contributed by atoms with E-state index in [1.165, 1.54) is 6.07 Å². The van der Waals surface area contributed by atoms with Crippen molar-refractivity contribution in [2.45, 2.75) is 32.0 Å². The predicted molar refractivity (Wildman–Crippen MR) is 56.3 cm³/mol. The first kappa shape index (κ1) is 11.2. The van der Waals surface area contributed by atoms with Crippen LogP contribution in [-0.2, 0) is 11.3 Å². The van der Waals surface area contributed by atoms with Crippen LogP contribution in [0.25, 0.3) is 0 Å². The Kier molecular flexibility index (Phi) is 3.26. The van der Waals surface area contributed by atoms with Crippen molar-refractivity contribution in [3.63, 3.8) is 0 Å². The number of rotatable bonds is 4. The number of hydrogen-bond acceptors (Lipinski definition) is 4. The fourth-order valence-corrected chi connectivity index (χ4v) is 1.82. The van der Waals surface area contributed by atoms with Gasteiger partial charge in [-0.15, -0.1) is 0 Å². The lowest BCUT2D eigenvalue weighted by molar-refractivity contribution is 0.0659. The van der Waals surface area contributed by atoms with E-state index in [9.17, 15) is 4.79 Å². The third kappa shape index (κ3) is 2.43. The van der Waals surface area contributed by atoms with Crippen LogP contribution in [-0.4, -0.2) is 29.8 Å². The molecule has 2 rings (SSSR count). The number of hydrogen-bond donors (Lipinski definition) is 2. The van der Waals surface area contributed by atoms with Crippen LogP contribution in [0.3, 0.4) is 0 Å². The lowest BCUT2D eigenvalue weighted by atomic mass is 10.1. The maximum absolute atomic E-state index is 10.6. The van der Waals surface area contributed by atoms with Gasteiger partial charge in [-0.2, -0.15) is 0 Å². The quantitative estimate of drug-likeness (QED) is 0.806. The van der Waals surface area contributed by atoms with Gasteiger partial charge in [-0.1, -0.05) is 0 Å². The molecule has 1 aromatic heterocycles. The highest BCUT2D eigenvalue weighted by molar-refractivity contribution is 5.84. The number of furan rings is 1. The zero-order chi connectivity index (χ0) is 11.5. The van der Waals surface area contributed by atoms with Crippen molar-refractivity contribution in [2.75, 3.05) is 6.61 Å². The number of aromatic carboxylic acids is 1. The summed E-state index contributed by atoms with van der Waals surface area (Å²) in [6.45, 7) is 3.33. The molecule has 1 aromatic rings. The van der Waals surface area contributed by atoms with Gasteiger partial charge in [-0.25, -0.2) is 4.79 Å². The highest BCUT2D eigenvalue weighted by Gasteiger charge is 2.23. The average molecular weight is 225 g/mol. The molecule has 0 aliphatic carbocycles. The summed E-state index contributed by atoms with van der Waals surface area (Å²) in [7, 11) is 0. The summed E-state index contributed by atoms with van der Waals surface area (Å²) in [4.78, 5) is 10.6. The van der Waals surface area contributed by atoms with Gasteiger partial charge in [0.1, 0.15) is 5.76 Å². The molecule has 5 heteroatoms. The van der Waals surface area contributed by atoms with Gasteiger partial charge < -0.3 is 19.6 Å². The Morgan fingerprint density at radius 3 is 3.00 bits per heavy atom. The summed E-state index contributed by atoms with van der Waals surface area (Å²) in [5.74, 6) is -0.423. The standard InChI is InChI=1S/C11H15NO4/c1-7-9(4-5-15-7)12-6-8-2-3-10(16-8)11(13)14/h2-3,7,9,12H,4-6H2,1H3,(H,13,14). The Hall–Kier alpha value is -1.33. The smallest absolute Gasteiger partial charge is 0.371 e. The van der Waals surface area contributed by atoms with Crippen molar-refractivity contribution >= 4 is 5.97 Å². The predicted octanol–water partition coefficient (Wildman–Crippen LogP) is 1.24. The molecular weight excluding hydrogens is 210 g/mol.